The van der Waals surface area contributed by atoms with Crippen molar-refractivity contribution in [3.8, 4) is 0 Å². The minimum absolute atomic E-state index is 0.0966. The Bertz CT molecular complexity index is 1640. The lowest BCUT2D eigenvalue weighted by molar-refractivity contribution is 0.0378. The molecule has 0 aliphatic carbocycles. The van der Waals surface area contributed by atoms with Crippen LogP contribution in [0.4, 0.5) is 0 Å². The minimum atomic E-state index is -0.350. The molecule has 0 saturated heterocycles. The number of hydrogen-bond acceptors (Lipinski definition) is 5. The molecule has 0 bridgehead atoms. The Morgan fingerprint density at radius 2 is 1.45 bits per heavy atom. The highest BCUT2D eigenvalue weighted by Gasteiger charge is 2.18. The summed E-state index contributed by atoms with van der Waals surface area (Å²) < 4.78 is 11.1. The van der Waals surface area contributed by atoms with E-state index in [1.807, 2.05) is 68.4 Å². The van der Waals surface area contributed by atoms with Crippen LogP contribution in [0.15, 0.2) is 77.6 Å². The van der Waals surface area contributed by atoms with Gasteiger partial charge in [-0.15, -0.1) is 0 Å². The SMILES string of the molecule is CC(C)OC(=O)c1ccc(Cn2c(=O)n(Cc3nc4ccccc4n3CCN(C)C)c3ccccc32)cc1. The summed E-state index contributed by atoms with van der Waals surface area (Å²) in [6, 6.07) is 23.2. The third-order valence-electron chi connectivity index (χ3n) is 6.60. The molecule has 5 aromatic rings. The number of esters is 1. The zero-order valence-electron chi connectivity index (χ0n) is 22.3. The molecular weight excluding hydrogens is 478 g/mol. The molecule has 196 valence electrons. The van der Waals surface area contributed by atoms with E-state index < -0.39 is 0 Å². The standard InChI is InChI=1S/C30H33N5O3/c1-21(2)38-29(36)23-15-13-22(14-16-23)19-34-26-11-7-8-12-27(26)35(30(34)37)20-28-31-24-9-5-6-10-25(24)33(28)18-17-32(3)4/h5-16,21H,17-20H2,1-4H3. The maximum atomic E-state index is 13.8. The van der Waals surface area contributed by atoms with Gasteiger partial charge in [0.25, 0.3) is 0 Å². The molecule has 5 rings (SSSR count). The van der Waals surface area contributed by atoms with E-state index in [4.69, 9.17) is 9.72 Å². The van der Waals surface area contributed by atoms with Crippen LogP contribution in [0, 0.1) is 0 Å². The number of carbonyl (C=O) groups excluding carboxylic acids is 1. The Labute approximate surface area is 221 Å². The Hall–Kier alpha value is -4.17. The maximum absolute atomic E-state index is 13.8. The number of aromatic nitrogens is 4. The van der Waals surface area contributed by atoms with E-state index in [9.17, 15) is 9.59 Å². The summed E-state index contributed by atoms with van der Waals surface area (Å²) in [5.41, 5.74) is 5.04. The summed E-state index contributed by atoms with van der Waals surface area (Å²) in [6.45, 7) is 6.06. The topological polar surface area (TPSA) is 74.3 Å². The van der Waals surface area contributed by atoms with Crippen LogP contribution in [0.3, 0.4) is 0 Å². The van der Waals surface area contributed by atoms with Gasteiger partial charge in [0.15, 0.2) is 0 Å². The van der Waals surface area contributed by atoms with Crippen LogP contribution in [0.2, 0.25) is 0 Å². The van der Waals surface area contributed by atoms with E-state index in [2.05, 4.69) is 29.6 Å². The molecule has 3 aromatic carbocycles. The number of imidazole rings is 2. The molecule has 2 heterocycles. The average Bonchev–Trinajstić information content (AvgIpc) is 3.38. The molecule has 0 unspecified atom stereocenters. The second-order valence-electron chi connectivity index (χ2n) is 10.1. The highest BCUT2D eigenvalue weighted by Crippen LogP contribution is 2.20. The highest BCUT2D eigenvalue weighted by molar-refractivity contribution is 5.89. The zero-order chi connectivity index (χ0) is 26.8. The lowest BCUT2D eigenvalue weighted by Gasteiger charge is -2.13. The molecule has 0 N–H and O–H groups in total. The minimum Gasteiger partial charge on any atom is -0.459 e. The van der Waals surface area contributed by atoms with Crippen molar-refractivity contribution in [1.29, 1.82) is 0 Å². The van der Waals surface area contributed by atoms with Gasteiger partial charge in [0.05, 0.1) is 46.8 Å². The van der Waals surface area contributed by atoms with Crippen molar-refractivity contribution in [1.82, 2.24) is 23.6 Å². The first-order valence-electron chi connectivity index (χ1n) is 12.9. The largest absolute Gasteiger partial charge is 0.459 e. The second kappa shape index (κ2) is 10.7. The predicted molar refractivity (Wildman–Crippen MR) is 150 cm³/mol. The Morgan fingerprint density at radius 1 is 0.842 bits per heavy atom. The van der Waals surface area contributed by atoms with Gasteiger partial charge < -0.3 is 14.2 Å². The predicted octanol–water partition coefficient (Wildman–Crippen LogP) is 4.38. The fourth-order valence-electron chi connectivity index (χ4n) is 4.73. The molecule has 8 nitrogen and oxygen atoms in total. The van der Waals surface area contributed by atoms with Gasteiger partial charge in [-0.25, -0.2) is 14.6 Å². The number of likely N-dealkylation sites (N-methyl/N-ethyl adjacent to an activating group) is 1. The van der Waals surface area contributed by atoms with Crippen molar-refractivity contribution >= 4 is 28.0 Å². The van der Waals surface area contributed by atoms with E-state index in [0.717, 1.165) is 46.5 Å². The number of fused-ring (bicyclic) bond motifs is 2. The molecule has 0 fully saturated rings. The first-order valence-corrected chi connectivity index (χ1v) is 12.9. The van der Waals surface area contributed by atoms with Gasteiger partial charge in [-0.2, -0.15) is 0 Å². The van der Waals surface area contributed by atoms with Gasteiger partial charge in [0.1, 0.15) is 5.82 Å². The monoisotopic (exact) mass is 511 g/mol. The summed E-state index contributed by atoms with van der Waals surface area (Å²) >= 11 is 0. The molecular formula is C30H33N5O3. The first kappa shape index (κ1) is 25.5. The van der Waals surface area contributed by atoms with Crippen molar-refractivity contribution in [2.75, 3.05) is 20.6 Å². The van der Waals surface area contributed by atoms with Gasteiger partial charge in [-0.1, -0.05) is 36.4 Å². The summed E-state index contributed by atoms with van der Waals surface area (Å²) in [4.78, 5) is 33.1. The van der Waals surface area contributed by atoms with Crippen molar-refractivity contribution in [2.24, 2.45) is 0 Å². The van der Waals surface area contributed by atoms with Crippen molar-refractivity contribution in [3.63, 3.8) is 0 Å². The highest BCUT2D eigenvalue weighted by atomic mass is 16.5. The Balaban J connectivity index is 1.50. The Kier molecular flexibility index (Phi) is 7.15. The number of ether oxygens (including phenoxy) is 1. The molecule has 0 radical (unpaired) electrons. The van der Waals surface area contributed by atoms with Gasteiger partial charge in [-0.05, 0) is 69.9 Å². The van der Waals surface area contributed by atoms with Crippen molar-refractivity contribution in [3.05, 3.63) is 100 Å². The summed E-state index contributed by atoms with van der Waals surface area (Å²) in [7, 11) is 4.10. The van der Waals surface area contributed by atoms with E-state index in [-0.39, 0.29) is 17.8 Å². The molecule has 0 atom stereocenters. The summed E-state index contributed by atoms with van der Waals surface area (Å²) in [5, 5.41) is 0. The zero-order valence-corrected chi connectivity index (χ0v) is 22.3. The van der Waals surface area contributed by atoms with Crippen molar-refractivity contribution < 1.29 is 9.53 Å². The van der Waals surface area contributed by atoms with E-state index in [0.29, 0.717) is 18.7 Å². The molecule has 0 aliphatic rings. The molecule has 8 heteroatoms. The quantitative estimate of drug-likeness (QED) is 0.275. The van der Waals surface area contributed by atoms with Crippen LogP contribution in [0.1, 0.15) is 35.6 Å². The second-order valence-corrected chi connectivity index (χ2v) is 10.1. The number of hydrogen-bond donors (Lipinski definition) is 0. The molecule has 38 heavy (non-hydrogen) atoms. The number of benzene rings is 3. The third kappa shape index (κ3) is 5.13. The third-order valence-corrected chi connectivity index (χ3v) is 6.60. The maximum Gasteiger partial charge on any atom is 0.338 e. The van der Waals surface area contributed by atoms with E-state index in [1.54, 1.807) is 21.3 Å². The van der Waals surface area contributed by atoms with Gasteiger partial charge in [0.2, 0.25) is 0 Å². The number of carbonyl (C=O) groups is 1. The lowest BCUT2D eigenvalue weighted by Crippen LogP contribution is -2.27. The molecule has 0 saturated carbocycles. The van der Waals surface area contributed by atoms with E-state index >= 15 is 0 Å². The lowest BCUT2D eigenvalue weighted by atomic mass is 10.1. The van der Waals surface area contributed by atoms with Crippen LogP contribution in [-0.4, -0.2) is 56.3 Å². The summed E-state index contributed by atoms with van der Waals surface area (Å²) in [5.74, 6) is 0.503. The smallest absolute Gasteiger partial charge is 0.338 e. The van der Waals surface area contributed by atoms with Gasteiger partial charge >= 0.3 is 11.7 Å². The fraction of sp³-hybridized carbons (Fsp3) is 0.300. The normalized spacial score (nSPS) is 11.7. The van der Waals surface area contributed by atoms with Gasteiger partial charge in [0, 0.05) is 13.1 Å². The first-order chi connectivity index (χ1) is 18.3. The molecule has 0 aliphatic heterocycles. The van der Waals surface area contributed by atoms with Crippen molar-refractivity contribution in [2.45, 2.75) is 39.6 Å². The summed E-state index contributed by atoms with van der Waals surface area (Å²) in [6.07, 6.45) is -0.178. The van der Waals surface area contributed by atoms with E-state index in [1.165, 1.54) is 0 Å². The number of para-hydroxylation sites is 4. The van der Waals surface area contributed by atoms with Crippen LogP contribution >= 0.6 is 0 Å². The number of rotatable bonds is 9. The van der Waals surface area contributed by atoms with Crippen LogP contribution in [0.25, 0.3) is 22.1 Å². The van der Waals surface area contributed by atoms with Gasteiger partial charge in [-0.3, -0.25) is 9.13 Å². The van der Waals surface area contributed by atoms with Crippen LogP contribution < -0.4 is 5.69 Å². The average molecular weight is 512 g/mol. The van der Waals surface area contributed by atoms with Crippen LogP contribution in [-0.2, 0) is 24.4 Å². The Morgan fingerprint density at radius 3 is 2.08 bits per heavy atom. The van der Waals surface area contributed by atoms with Crippen LogP contribution in [0.5, 0.6) is 0 Å². The molecule has 2 aromatic heterocycles. The molecule has 0 amide bonds. The fourth-order valence-corrected chi connectivity index (χ4v) is 4.73. The molecule has 0 spiro atoms. The number of nitrogens with zero attached hydrogens (tertiary/aromatic N) is 5.